The zero-order valence-electron chi connectivity index (χ0n) is 12.8. The minimum Gasteiger partial charge on any atom is -0.502 e. The predicted molar refractivity (Wildman–Crippen MR) is 100 cm³/mol. The van der Waals surface area contributed by atoms with Gasteiger partial charge in [-0.3, -0.25) is 14.9 Å². The molecule has 2 aromatic rings. The highest BCUT2D eigenvalue weighted by Gasteiger charge is 2.17. The second-order valence-electron chi connectivity index (χ2n) is 4.78. The summed E-state index contributed by atoms with van der Waals surface area (Å²) in [6.45, 7) is -0.334. The van der Waals surface area contributed by atoms with Crippen LogP contribution in [0.1, 0.15) is 5.56 Å². The van der Waals surface area contributed by atoms with Crippen LogP contribution in [0.15, 0.2) is 39.9 Å². The number of hydrogen-bond acceptors (Lipinski definition) is 6. The van der Waals surface area contributed by atoms with Gasteiger partial charge in [0.1, 0.15) is 5.75 Å². The van der Waals surface area contributed by atoms with Crippen molar-refractivity contribution in [2.75, 3.05) is 6.61 Å². The molecule has 0 aliphatic carbocycles. The van der Waals surface area contributed by atoms with Gasteiger partial charge in [0.05, 0.1) is 15.6 Å². The number of phenolic OH excluding ortho intramolecular Hbond substituents is 1. The Kier molecular flexibility index (Phi) is 6.78. The number of hydrazone groups is 1. The van der Waals surface area contributed by atoms with Gasteiger partial charge in [-0.2, -0.15) is 5.10 Å². The molecule has 0 radical (unpaired) electrons. The largest absolute Gasteiger partial charge is 0.502 e. The molecule has 0 aliphatic heterocycles. The molecule has 136 valence electrons. The van der Waals surface area contributed by atoms with Gasteiger partial charge in [-0.05, 0) is 40.2 Å². The highest BCUT2D eigenvalue weighted by atomic mass is 79.9. The molecule has 0 spiro atoms. The number of ether oxygens (including phenoxy) is 1. The number of amides is 1. The Balaban J connectivity index is 1.98. The summed E-state index contributed by atoms with van der Waals surface area (Å²) >= 11 is 14.8. The summed E-state index contributed by atoms with van der Waals surface area (Å²) in [4.78, 5) is 21.8. The van der Waals surface area contributed by atoms with Crippen LogP contribution in [-0.4, -0.2) is 28.8 Å². The molecule has 0 saturated heterocycles. The van der Waals surface area contributed by atoms with Gasteiger partial charge < -0.3 is 9.84 Å². The second-order valence-corrected chi connectivity index (χ2v) is 6.50. The third-order valence-corrected chi connectivity index (χ3v) is 4.00. The Hall–Kier alpha value is -2.36. The molecule has 0 bridgehead atoms. The number of carbonyl (C=O) groups excluding carboxylic acids is 1. The van der Waals surface area contributed by atoms with Crippen molar-refractivity contribution in [2.24, 2.45) is 5.10 Å². The molecule has 0 unspecified atom stereocenters. The van der Waals surface area contributed by atoms with Gasteiger partial charge in [-0.25, -0.2) is 5.43 Å². The monoisotopic (exact) mass is 461 g/mol. The van der Waals surface area contributed by atoms with Crippen molar-refractivity contribution in [3.63, 3.8) is 0 Å². The second kappa shape index (κ2) is 8.84. The number of nitro groups is 1. The number of nitrogens with zero attached hydrogens (tertiary/aromatic N) is 2. The van der Waals surface area contributed by atoms with E-state index in [1.165, 1.54) is 6.07 Å². The van der Waals surface area contributed by atoms with E-state index >= 15 is 0 Å². The highest BCUT2D eigenvalue weighted by molar-refractivity contribution is 9.10. The average molecular weight is 463 g/mol. The van der Waals surface area contributed by atoms with Crippen LogP contribution in [-0.2, 0) is 4.79 Å². The smallest absolute Gasteiger partial charge is 0.312 e. The zero-order valence-corrected chi connectivity index (χ0v) is 15.9. The minimum atomic E-state index is -0.783. The number of benzene rings is 2. The molecule has 0 atom stereocenters. The van der Waals surface area contributed by atoms with Crippen LogP contribution >= 0.6 is 39.1 Å². The van der Waals surface area contributed by atoms with E-state index < -0.39 is 22.3 Å². The Labute approximate surface area is 165 Å². The summed E-state index contributed by atoms with van der Waals surface area (Å²) in [5, 5.41) is 24.8. The topological polar surface area (TPSA) is 114 Å². The molecule has 0 saturated carbocycles. The van der Waals surface area contributed by atoms with Crippen molar-refractivity contribution in [2.45, 2.75) is 0 Å². The van der Waals surface area contributed by atoms with Crippen LogP contribution in [0.2, 0.25) is 10.0 Å². The van der Waals surface area contributed by atoms with Gasteiger partial charge in [0.2, 0.25) is 5.75 Å². The van der Waals surface area contributed by atoms with Gasteiger partial charge in [0, 0.05) is 21.7 Å². The Bertz CT molecular complexity index is 892. The number of carbonyl (C=O) groups is 1. The van der Waals surface area contributed by atoms with Crippen molar-refractivity contribution in [3.05, 3.63) is 60.5 Å². The quantitative estimate of drug-likeness (QED) is 0.384. The highest BCUT2D eigenvalue weighted by Crippen LogP contribution is 2.32. The van der Waals surface area contributed by atoms with E-state index in [0.29, 0.717) is 15.2 Å². The van der Waals surface area contributed by atoms with Crippen molar-refractivity contribution < 1.29 is 19.6 Å². The summed E-state index contributed by atoms with van der Waals surface area (Å²) in [5.41, 5.74) is 1.58. The maximum absolute atomic E-state index is 11.7. The standard InChI is InChI=1S/C15H10BrCl2N3O5/c16-11-4-9(17)1-2-13(11)26-7-14(22)20-19-6-8-3-10(18)5-12(15(8)23)21(24)25/h1-6,23H,7H2,(H,20,22)/b19-6+. The Morgan fingerprint density at radius 3 is 2.73 bits per heavy atom. The van der Waals surface area contributed by atoms with Crippen molar-refractivity contribution >= 4 is 56.9 Å². The summed E-state index contributed by atoms with van der Waals surface area (Å²) in [6, 6.07) is 7.08. The molecule has 0 heterocycles. The number of aromatic hydroxyl groups is 1. The van der Waals surface area contributed by atoms with Crippen molar-refractivity contribution in [3.8, 4) is 11.5 Å². The van der Waals surface area contributed by atoms with Gasteiger partial charge >= 0.3 is 5.69 Å². The molecule has 1 amide bonds. The normalized spacial score (nSPS) is 10.7. The SMILES string of the molecule is O=C(COc1ccc(Cl)cc1Br)N/N=C/c1cc(Cl)cc([N+](=O)[O-])c1O. The Morgan fingerprint density at radius 1 is 1.35 bits per heavy atom. The molecular weight excluding hydrogens is 453 g/mol. The number of rotatable bonds is 6. The number of phenols is 1. The van der Waals surface area contributed by atoms with E-state index in [1.807, 2.05) is 0 Å². The molecule has 2 rings (SSSR count). The van der Waals surface area contributed by atoms with Crippen LogP contribution in [0, 0.1) is 10.1 Å². The first-order valence-electron chi connectivity index (χ1n) is 6.84. The lowest BCUT2D eigenvalue weighted by atomic mass is 10.2. The summed E-state index contributed by atoms with van der Waals surface area (Å²) in [7, 11) is 0. The lowest BCUT2D eigenvalue weighted by Gasteiger charge is -2.07. The fourth-order valence-electron chi connectivity index (χ4n) is 1.78. The third kappa shape index (κ3) is 5.32. The first-order chi connectivity index (χ1) is 12.3. The van der Waals surface area contributed by atoms with Crippen molar-refractivity contribution in [1.29, 1.82) is 0 Å². The van der Waals surface area contributed by atoms with E-state index in [9.17, 15) is 20.0 Å². The molecule has 0 aromatic heterocycles. The average Bonchev–Trinajstić information content (AvgIpc) is 2.56. The summed E-state index contributed by atoms with van der Waals surface area (Å²) in [5.74, 6) is -0.783. The lowest BCUT2D eigenvalue weighted by molar-refractivity contribution is -0.385. The molecular formula is C15H10BrCl2N3O5. The van der Waals surface area contributed by atoms with Gasteiger partial charge in [-0.15, -0.1) is 0 Å². The first kappa shape index (κ1) is 20.0. The van der Waals surface area contributed by atoms with Gasteiger partial charge in [-0.1, -0.05) is 23.2 Å². The fourth-order valence-corrected chi connectivity index (χ4v) is 2.80. The van der Waals surface area contributed by atoms with E-state index in [0.717, 1.165) is 12.3 Å². The third-order valence-electron chi connectivity index (χ3n) is 2.93. The fraction of sp³-hybridized carbons (Fsp3) is 0.0667. The number of nitrogens with one attached hydrogen (secondary N) is 1. The van der Waals surface area contributed by atoms with Crippen LogP contribution < -0.4 is 10.2 Å². The van der Waals surface area contributed by atoms with E-state index in [2.05, 4.69) is 26.5 Å². The molecule has 8 nitrogen and oxygen atoms in total. The molecule has 2 aromatic carbocycles. The predicted octanol–water partition coefficient (Wildman–Crippen LogP) is 3.90. The van der Waals surface area contributed by atoms with E-state index in [1.54, 1.807) is 18.2 Å². The maximum Gasteiger partial charge on any atom is 0.312 e. The molecule has 26 heavy (non-hydrogen) atoms. The van der Waals surface area contributed by atoms with Crippen LogP contribution in [0.3, 0.4) is 0 Å². The maximum atomic E-state index is 11.7. The van der Waals surface area contributed by atoms with Crippen molar-refractivity contribution in [1.82, 2.24) is 5.43 Å². The summed E-state index contributed by atoms with van der Waals surface area (Å²) < 4.78 is 5.88. The Morgan fingerprint density at radius 2 is 2.08 bits per heavy atom. The first-order valence-corrected chi connectivity index (χ1v) is 8.39. The number of hydrogen-bond donors (Lipinski definition) is 2. The molecule has 0 aliphatic rings. The molecule has 0 fully saturated rings. The summed E-state index contributed by atoms with van der Waals surface area (Å²) in [6.07, 6.45) is 1.03. The van der Waals surface area contributed by atoms with Crippen LogP contribution in [0.25, 0.3) is 0 Å². The van der Waals surface area contributed by atoms with Crippen LogP contribution in [0.4, 0.5) is 5.69 Å². The van der Waals surface area contributed by atoms with Crippen LogP contribution in [0.5, 0.6) is 11.5 Å². The molecule has 2 N–H and O–H groups in total. The number of halogens is 3. The molecule has 11 heteroatoms. The lowest BCUT2D eigenvalue weighted by Crippen LogP contribution is -2.24. The minimum absolute atomic E-state index is 0.0223. The van der Waals surface area contributed by atoms with E-state index in [4.69, 9.17) is 27.9 Å². The van der Waals surface area contributed by atoms with E-state index in [-0.39, 0.29) is 17.2 Å². The van der Waals surface area contributed by atoms with Gasteiger partial charge in [0.15, 0.2) is 6.61 Å². The number of nitro benzene ring substituents is 1. The van der Waals surface area contributed by atoms with Gasteiger partial charge in [0.25, 0.3) is 5.91 Å². The zero-order chi connectivity index (χ0) is 19.3.